The Morgan fingerprint density at radius 3 is 2.24 bits per heavy atom. The van der Waals surface area contributed by atoms with E-state index in [2.05, 4.69) is 15.9 Å². The summed E-state index contributed by atoms with van der Waals surface area (Å²) in [5.41, 5.74) is -2.37. The summed E-state index contributed by atoms with van der Waals surface area (Å²) in [5.74, 6) is 0. The highest BCUT2D eigenvalue weighted by molar-refractivity contribution is 9.10. The molecule has 0 saturated carbocycles. The molecule has 1 rings (SSSR count). The Hall–Kier alpha value is -0.780. The van der Waals surface area contributed by atoms with Gasteiger partial charge < -0.3 is 0 Å². The van der Waals surface area contributed by atoms with E-state index in [1.807, 2.05) is 0 Å². The van der Waals surface area contributed by atoms with Crippen molar-refractivity contribution in [2.75, 3.05) is 0 Å². The molecule has 0 unspecified atom stereocenters. The molecule has 0 aliphatic heterocycles. The second-order valence-electron chi connectivity index (χ2n) is 2.85. The SMILES string of the molecule is N#Cc1c(C(F)(F)F)ccc(Br)c1S(=O)(=O)Cl. The molecule has 92 valence electrons. The first kappa shape index (κ1) is 14.3. The van der Waals surface area contributed by atoms with Gasteiger partial charge >= 0.3 is 6.18 Å². The van der Waals surface area contributed by atoms with Gasteiger partial charge in [0.15, 0.2) is 0 Å². The van der Waals surface area contributed by atoms with E-state index >= 15 is 0 Å². The Balaban J connectivity index is 3.80. The average Bonchev–Trinajstić information content (AvgIpc) is 2.12. The van der Waals surface area contributed by atoms with Gasteiger partial charge in [-0.1, -0.05) is 0 Å². The molecule has 0 fully saturated rings. The van der Waals surface area contributed by atoms with Crippen molar-refractivity contribution < 1.29 is 21.6 Å². The highest BCUT2D eigenvalue weighted by Gasteiger charge is 2.37. The van der Waals surface area contributed by atoms with Crippen LogP contribution >= 0.6 is 26.6 Å². The summed E-state index contributed by atoms with van der Waals surface area (Å²) in [5, 5.41) is 8.66. The van der Waals surface area contributed by atoms with Crippen LogP contribution in [0, 0.1) is 11.3 Å². The second-order valence-corrected chi connectivity index (χ2v) is 6.20. The van der Waals surface area contributed by atoms with E-state index in [1.54, 1.807) is 0 Å². The van der Waals surface area contributed by atoms with E-state index in [4.69, 9.17) is 15.9 Å². The third-order valence-electron chi connectivity index (χ3n) is 1.77. The van der Waals surface area contributed by atoms with Crippen LogP contribution in [0.25, 0.3) is 0 Å². The molecule has 9 heteroatoms. The first-order valence-corrected chi connectivity index (χ1v) is 6.93. The largest absolute Gasteiger partial charge is 0.417 e. The van der Waals surface area contributed by atoms with Gasteiger partial charge in [0.2, 0.25) is 0 Å². The van der Waals surface area contributed by atoms with Crippen LogP contribution in [0.3, 0.4) is 0 Å². The lowest BCUT2D eigenvalue weighted by atomic mass is 10.1. The normalized spacial score (nSPS) is 12.2. The van der Waals surface area contributed by atoms with Crippen LogP contribution in [0.5, 0.6) is 0 Å². The van der Waals surface area contributed by atoms with Crippen molar-refractivity contribution >= 4 is 35.7 Å². The van der Waals surface area contributed by atoms with Crippen LogP contribution in [0.4, 0.5) is 13.2 Å². The molecule has 0 aliphatic carbocycles. The van der Waals surface area contributed by atoms with Crippen LogP contribution in [-0.4, -0.2) is 8.42 Å². The molecule has 1 aromatic carbocycles. The van der Waals surface area contributed by atoms with Crippen LogP contribution in [0.15, 0.2) is 21.5 Å². The summed E-state index contributed by atoms with van der Waals surface area (Å²) in [4.78, 5) is -0.878. The lowest BCUT2D eigenvalue weighted by molar-refractivity contribution is -0.137. The molecule has 0 amide bonds. The number of alkyl halides is 3. The van der Waals surface area contributed by atoms with Gasteiger partial charge in [0.1, 0.15) is 11.0 Å². The maximum Gasteiger partial charge on any atom is 0.417 e. The third kappa shape index (κ3) is 2.91. The Kier molecular flexibility index (Phi) is 3.76. The monoisotopic (exact) mass is 347 g/mol. The zero-order valence-corrected chi connectivity index (χ0v) is 10.9. The van der Waals surface area contributed by atoms with E-state index < -0.39 is 31.2 Å². The third-order valence-corrected chi connectivity index (χ3v) is 4.07. The van der Waals surface area contributed by atoms with Crippen LogP contribution in [-0.2, 0) is 15.2 Å². The fraction of sp³-hybridized carbons (Fsp3) is 0.125. The maximum atomic E-state index is 12.5. The molecule has 0 atom stereocenters. The number of halogens is 5. The van der Waals surface area contributed by atoms with E-state index in [0.29, 0.717) is 6.07 Å². The maximum absolute atomic E-state index is 12.5. The average molecular weight is 349 g/mol. The summed E-state index contributed by atoms with van der Waals surface area (Å²) in [6, 6.07) is 2.68. The second kappa shape index (κ2) is 4.48. The smallest absolute Gasteiger partial charge is 0.207 e. The van der Waals surface area contributed by atoms with E-state index in [9.17, 15) is 21.6 Å². The summed E-state index contributed by atoms with van der Waals surface area (Å²) in [7, 11) is 0.537. The standard InChI is InChI=1S/C8H2BrClF3NO2S/c9-6-2-1-5(8(11,12)13)4(3-14)7(6)17(10,15)16/h1-2H. The molecular formula is C8H2BrClF3NO2S. The molecule has 0 radical (unpaired) electrons. The molecule has 17 heavy (non-hydrogen) atoms. The number of nitrogens with zero attached hydrogens (tertiary/aromatic N) is 1. The zero-order valence-electron chi connectivity index (χ0n) is 7.72. The lowest BCUT2D eigenvalue weighted by Crippen LogP contribution is -2.11. The fourth-order valence-corrected chi connectivity index (χ4v) is 3.57. The van der Waals surface area contributed by atoms with Gasteiger partial charge in [0, 0.05) is 15.2 Å². The van der Waals surface area contributed by atoms with Crippen molar-refractivity contribution in [2.45, 2.75) is 11.1 Å². The van der Waals surface area contributed by atoms with Crippen LogP contribution < -0.4 is 0 Å². The molecule has 0 spiro atoms. The molecule has 0 saturated heterocycles. The topological polar surface area (TPSA) is 57.9 Å². The number of rotatable bonds is 1. The van der Waals surface area contributed by atoms with Crippen molar-refractivity contribution in [3.8, 4) is 6.07 Å². The predicted octanol–water partition coefficient (Wildman–Crippen LogP) is 3.27. The molecule has 1 aromatic rings. The lowest BCUT2D eigenvalue weighted by Gasteiger charge is -2.11. The fourth-order valence-electron chi connectivity index (χ4n) is 1.14. The number of hydrogen-bond acceptors (Lipinski definition) is 3. The molecule has 0 heterocycles. The van der Waals surface area contributed by atoms with Crippen LogP contribution in [0.2, 0.25) is 0 Å². The zero-order chi connectivity index (χ0) is 13.4. The number of nitriles is 1. The van der Waals surface area contributed by atoms with Gasteiger partial charge in [-0.05, 0) is 28.1 Å². The first-order valence-electron chi connectivity index (χ1n) is 3.83. The molecule has 3 nitrogen and oxygen atoms in total. The van der Waals surface area contributed by atoms with Gasteiger partial charge in [-0.25, -0.2) is 8.42 Å². The Morgan fingerprint density at radius 2 is 1.88 bits per heavy atom. The number of benzene rings is 1. The first-order chi connectivity index (χ1) is 7.59. The van der Waals surface area contributed by atoms with Crippen molar-refractivity contribution in [1.82, 2.24) is 0 Å². The molecule has 0 N–H and O–H groups in total. The molecule has 0 aliphatic rings. The van der Waals surface area contributed by atoms with Gasteiger partial charge in [0.25, 0.3) is 9.05 Å². The van der Waals surface area contributed by atoms with Crippen molar-refractivity contribution in [2.24, 2.45) is 0 Å². The van der Waals surface area contributed by atoms with E-state index in [1.165, 1.54) is 6.07 Å². The van der Waals surface area contributed by atoms with E-state index in [0.717, 1.165) is 6.07 Å². The molecular weight excluding hydrogens is 347 g/mol. The van der Waals surface area contributed by atoms with Gasteiger partial charge in [-0.3, -0.25) is 0 Å². The predicted molar refractivity (Wildman–Crippen MR) is 56.9 cm³/mol. The van der Waals surface area contributed by atoms with Gasteiger partial charge in [-0.2, -0.15) is 18.4 Å². The minimum Gasteiger partial charge on any atom is -0.207 e. The summed E-state index contributed by atoms with van der Waals surface area (Å²) in [6.45, 7) is 0. The van der Waals surface area contributed by atoms with Crippen molar-refractivity contribution in [1.29, 1.82) is 5.26 Å². The van der Waals surface area contributed by atoms with E-state index in [-0.39, 0.29) is 4.47 Å². The Bertz CT molecular complexity index is 606. The molecule has 0 aromatic heterocycles. The Morgan fingerprint density at radius 1 is 1.35 bits per heavy atom. The summed E-state index contributed by atoms with van der Waals surface area (Å²) < 4.78 is 59.7. The highest BCUT2D eigenvalue weighted by atomic mass is 79.9. The van der Waals surface area contributed by atoms with Crippen LogP contribution in [0.1, 0.15) is 11.1 Å². The Labute approximate surface area is 107 Å². The van der Waals surface area contributed by atoms with Crippen molar-refractivity contribution in [3.63, 3.8) is 0 Å². The van der Waals surface area contributed by atoms with Gasteiger partial charge in [-0.15, -0.1) is 0 Å². The minimum absolute atomic E-state index is 0.197. The highest BCUT2D eigenvalue weighted by Crippen LogP contribution is 2.38. The summed E-state index contributed by atoms with van der Waals surface area (Å²) >= 11 is 2.74. The van der Waals surface area contributed by atoms with Gasteiger partial charge in [0.05, 0.1) is 11.1 Å². The minimum atomic E-state index is -4.83. The number of hydrogen-bond donors (Lipinski definition) is 0. The summed E-state index contributed by atoms with van der Waals surface area (Å²) in [6.07, 6.45) is -4.83. The molecule has 0 bridgehead atoms. The van der Waals surface area contributed by atoms with Crippen molar-refractivity contribution in [3.05, 3.63) is 27.7 Å². The quantitative estimate of drug-likeness (QED) is 0.732.